The Kier molecular flexibility index (Phi) is 2.65. The van der Waals surface area contributed by atoms with E-state index in [-0.39, 0.29) is 0 Å². The Labute approximate surface area is 102 Å². The highest BCUT2D eigenvalue weighted by Crippen LogP contribution is 2.44. The van der Waals surface area contributed by atoms with Gasteiger partial charge in [0.25, 0.3) is 0 Å². The van der Waals surface area contributed by atoms with E-state index in [2.05, 4.69) is 14.9 Å². The Morgan fingerprint density at radius 1 is 1.06 bits per heavy atom. The highest BCUT2D eigenvalue weighted by atomic mass is 15.2. The summed E-state index contributed by atoms with van der Waals surface area (Å²) in [5.41, 5.74) is 6.45. The van der Waals surface area contributed by atoms with E-state index in [0.29, 0.717) is 11.2 Å². The second-order valence-corrected chi connectivity index (χ2v) is 5.50. The van der Waals surface area contributed by atoms with Crippen LogP contribution in [-0.4, -0.2) is 23.1 Å². The van der Waals surface area contributed by atoms with Crippen LogP contribution in [0.25, 0.3) is 0 Å². The minimum atomic E-state index is 0.544. The van der Waals surface area contributed by atoms with Gasteiger partial charge in [-0.3, -0.25) is 0 Å². The molecule has 92 valence electrons. The fourth-order valence-electron chi connectivity index (χ4n) is 3.41. The van der Waals surface area contributed by atoms with Crippen molar-refractivity contribution in [1.82, 2.24) is 9.97 Å². The van der Waals surface area contributed by atoms with Crippen molar-refractivity contribution in [3.05, 3.63) is 12.4 Å². The van der Waals surface area contributed by atoms with Crippen LogP contribution in [0.3, 0.4) is 0 Å². The van der Waals surface area contributed by atoms with E-state index >= 15 is 0 Å². The highest BCUT2D eigenvalue weighted by Gasteiger charge is 2.39. The molecule has 17 heavy (non-hydrogen) atoms. The second kappa shape index (κ2) is 4.17. The number of aromatic nitrogens is 2. The zero-order chi connectivity index (χ0) is 11.7. The predicted octanol–water partition coefficient (Wildman–Crippen LogP) is 2.22. The van der Waals surface area contributed by atoms with Crippen molar-refractivity contribution >= 4 is 11.6 Å². The van der Waals surface area contributed by atoms with Gasteiger partial charge in [0.1, 0.15) is 0 Å². The van der Waals surface area contributed by atoms with Gasteiger partial charge in [0.2, 0.25) is 0 Å². The molecule has 4 heteroatoms. The van der Waals surface area contributed by atoms with Gasteiger partial charge in [-0.1, -0.05) is 19.3 Å². The molecule has 0 atom stereocenters. The first kappa shape index (κ1) is 10.8. The van der Waals surface area contributed by atoms with Crippen LogP contribution in [0, 0.1) is 5.41 Å². The topological polar surface area (TPSA) is 55.0 Å². The third-order valence-corrected chi connectivity index (χ3v) is 4.36. The van der Waals surface area contributed by atoms with Gasteiger partial charge in [0.15, 0.2) is 11.6 Å². The lowest BCUT2D eigenvalue weighted by molar-refractivity contribution is 0.219. The fraction of sp³-hybridized carbons (Fsp3) is 0.692. The van der Waals surface area contributed by atoms with Crippen LogP contribution >= 0.6 is 0 Å². The molecule has 1 aromatic rings. The molecule has 2 aliphatic rings. The standard InChI is InChI=1S/C13H20N4/c14-11-12(16-8-7-15-11)17-9-6-13(10-17)4-2-1-3-5-13/h7-8H,1-6,9-10H2,(H2,14,15). The summed E-state index contributed by atoms with van der Waals surface area (Å²) in [5, 5.41) is 0. The van der Waals surface area contributed by atoms with E-state index in [1.54, 1.807) is 12.4 Å². The van der Waals surface area contributed by atoms with Gasteiger partial charge in [0, 0.05) is 25.5 Å². The summed E-state index contributed by atoms with van der Waals surface area (Å²) in [4.78, 5) is 10.8. The summed E-state index contributed by atoms with van der Waals surface area (Å²) in [6, 6.07) is 0. The molecule has 1 aliphatic carbocycles. The van der Waals surface area contributed by atoms with Gasteiger partial charge >= 0.3 is 0 Å². The number of hydrogen-bond acceptors (Lipinski definition) is 4. The van der Waals surface area contributed by atoms with Gasteiger partial charge in [-0.05, 0) is 24.7 Å². The first-order valence-corrected chi connectivity index (χ1v) is 6.61. The predicted molar refractivity (Wildman–Crippen MR) is 68.8 cm³/mol. The smallest absolute Gasteiger partial charge is 0.171 e. The third-order valence-electron chi connectivity index (χ3n) is 4.36. The van der Waals surface area contributed by atoms with Crippen LogP contribution in [0.1, 0.15) is 38.5 Å². The van der Waals surface area contributed by atoms with Gasteiger partial charge < -0.3 is 10.6 Å². The summed E-state index contributed by atoms with van der Waals surface area (Å²) in [5.74, 6) is 1.45. The molecule has 1 aromatic heterocycles. The molecule has 1 aliphatic heterocycles. The van der Waals surface area contributed by atoms with E-state index in [4.69, 9.17) is 5.73 Å². The maximum Gasteiger partial charge on any atom is 0.171 e. The fourth-order valence-corrected chi connectivity index (χ4v) is 3.41. The Hall–Kier alpha value is -1.32. The maximum absolute atomic E-state index is 5.90. The maximum atomic E-state index is 5.90. The Morgan fingerprint density at radius 3 is 2.59 bits per heavy atom. The van der Waals surface area contributed by atoms with Crippen molar-refractivity contribution in [3.63, 3.8) is 0 Å². The van der Waals surface area contributed by atoms with Crippen LogP contribution in [0.15, 0.2) is 12.4 Å². The molecule has 2 N–H and O–H groups in total. The van der Waals surface area contributed by atoms with Crippen LogP contribution in [0.2, 0.25) is 0 Å². The lowest BCUT2D eigenvalue weighted by Gasteiger charge is -2.33. The number of nitrogen functional groups attached to an aromatic ring is 1. The van der Waals surface area contributed by atoms with Crippen LogP contribution in [0.4, 0.5) is 11.6 Å². The van der Waals surface area contributed by atoms with Crippen molar-refractivity contribution in [3.8, 4) is 0 Å². The van der Waals surface area contributed by atoms with Crippen molar-refractivity contribution in [2.45, 2.75) is 38.5 Å². The average molecular weight is 232 g/mol. The van der Waals surface area contributed by atoms with Gasteiger partial charge in [0.05, 0.1) is 0 Å². The summed E-state index contributed by atoms with van der Waals surface area (Å²) < 4.78 is 0. The van der Waals surface area contributed by atoms with Crippen LogP contribution in [-0.2, 0) is 0 Å². The molecule has 2 heterocycles. The monoisotopic (exact) mass is 232 g/mol. The van der Waals surface area contributed by atoms with E-state index in [0.717, 1.165) is 18.9 Å². The largest absolute Gasteiger partial charge is 0.381 e. The molecule has 2 fully saturated rings. The van der Waals surface area contributed by atoms with Gasteiger partial charge in [-0.2, -0.15) is 0 Å². The first-order chi connectivity index (χ1) is 8.29. The molecule has 4 nitrogen and oxygen atoms in total. The molecule has 1 saturated heterocycles. The summed E-state index contributed by atoms with van der Waals surface area (Å²) in [7, 11) is 0. The van der Waals surface area contributed by atoms with Crippen molar-refractivity contribution in [1.29, 1.82) is 0 Å². The van der Waals surface area contributed by atoms with E-state index in [1.165, 1.54) is 38.5 Å². The number of anilines is 2. The van der Waals surface area contributed by atoms with E-state index in [1.807, 2.05) is 0 Å². The summed E-state index contributed by atoms with van der Waals surface area (Å²) >= 11 is 0. The molecule has 0 amide bonds. The molecule has 1 saturated carbocycles. The van der Waals surface area contributed by atoms with Crippen LogP contribution < -0.4 is 10.6 Å². The normalized spacial score (nSPS) is 23.2. The average Bonchev–Trinajstić information content (AvgIpc) is 2.74. The quantitative estimate of drug-likeness (QED) is 0.806. The molecule has 1 spiro atoms. The molecular formula is C13H20N4. The van der Waals surface area contributed by atoms with Crippen molar-refractivity contribution in [2.75, 3.05) is 23.7 Å². The lowest BCUT2D eigenvalue weighted by atomic mass is 9.73. The molecule has 0 bridgehead atoms. The number of nitrogens with two attached hydrogens (primary N) is 1. The SMILES string of the molecule is Nc1nccnc1N1CCC2(CCCCC2)C1. The Balaban J connectivity index is 1.77. The Bertz CT molecular complexity index is 398. The van der Waals surface area contributed by atoms with Crippen molar-refractivity contribution in [2.24, 2.45) is 5.41 Å². The van der Waals surface area contributed by atoms with E-state index < -0.39 is 0 Å². The molecular weight excluding hydrogens is 212 g/mol. The number of nitrogens with zero attached hydrogens (tertiary/aromatic N) is 3. The molecule has 0 radical (unpaired) electrons. The summed E-state index contributed by atoms with van der Waals surface area (Å²) in [6.07, 6.45) is 11.6. The first-order valence-electron chi connectivity index (χ1n) is 6.61. The lowest BCUT2D eigenvalue weighted by Crippen LogP contribution is -2.30. The minimum Gasteiger partial charge on any atom is -0.381 e. The zero-order valence-electron chi connectivity index (χ0n) is 10.2. The van der Waals surface area contributed by atoms with Gasteiger partial charge in [-0.15, -0.1) is 0 Å². The highest BCUT2D eigenvalue weighted by molar-refractivity contribution is 5.58. The molecule has 3 rings (SSSR count). The summed E-state index contributed by atoms with van der Waals surface area (Å²) in [6.45, 7) is 2.21. The van der Waals surface area contributed by atoms with E-state index in [9.17, 15) is 0 Å². The minimum absolute atomic E-state index is 0.544. The second-order valence-electron chi connectivity index (χ2n) is 5.50. The van der Waals surface area contributed by atoms with Crippen molar-refractivity contribution < 1.29 is 0 Å². The molecule has 0 aromatic carbocycles. The third kappa shape index (κ3) is 1.96. The number of rotatable bonds is 1. The van der Waals surface area contributed by atoms with Crippen LogP contribution in [0.5, 0.6) is 0 Å². The Morgan fingerprint density at radius 2 is 1.82 bits per heavy atom. The number of hydrogen-bond donors (Lipinski definition) is 1. The van der Waals surface area contributed by atoms with Gasteiger partial charge in [-0.25, -0.2) is 9.97 Å². The zero-order valence-corrected chi connectivity index (χ0v) is 10.2. The molecule has 0 unspecified atom stereocenters.